The van der Waals surface area contributed by atoms with E-state index in [1.165, 1.54) is 6.07 Å². The van der Waals surface area contributed by atoms with E-state index < -0.39 is 22.0 Å². The Morgan fingerprint density at radius 3 is 2.54 bits per heavy atom. The lowest BCUT2D eigenvalue weighted by atomic mass is 10.0. The van der Waals surface area contributed by atoms with Gasteiger partial charge in [-0.15, -0.1) is 0 Å². The Hall–Kier alpha value is -3.15. The second kappa shape index (κ2) is 14.7. The molecule has 1 aliphatic heterocycles. The molecule has 2 amide bonds. The van der Waals surface area contributed by atoms with Crippen LogP contribution in [0.4, 0.5) is 5.69 Å². The number of fused-ring (bicyclic) bond motifs is 1. The maximum absolute atomic E-state index is 14.1. The number of aliphatic hydroxyl groups is 1. The number of amides is 2. The van der Waals surface area contributed by atoms with Gasteiger partial charge in [0.1, 0.15) is 5.75 Å². The van der Waals surface area contributed by atoms with Gasteiger partial charge < -0.3 is 24.4 Å². The number of ether oxygens (including phenoxy) is 2. The lowest BCUT2D eigenvalue weighted by Gasteiger charge is -2.36. The Kier molecular flexibility index (Phi) is 11.6. The van der Waals surface area contributed by atoms with Crippen molar-refractivity contribution in [2.45, 2.75) is 58.3 Å². The van der Waals surface area contributed by atoms with E-state index in [-0.39, 0.29) is 48.4 Å². The number of benzene rings is 2. The fourth-order valence-electron chi connectivity index (χ4n) is 4.82. The minimum absolute atomic E-state index is 0.122. The summed E-state index contributed by atoms with van der Waals surface area (Å²) >= 11 is 0. The van der Waals surface area contributed by atoms with Crippen molar-refractivity contribution in [2.75, 3.05) is 44.3 Å². The molecule has 0 aromatic heterocycles. The van der Waals surface area contributed by atoms with E-state index in [4.69, 9.17) is 9.47 Å². The molecule has 11 heteroatoms. The molecule has 4 atom stereocenters. The van der Waals surface area contributed by atoms with Crippen LogP contribution in [0.5, 0.6) is 5.75 Å². The molecule has 0 aliphatic carbocycles. The van der Waals surface area contributed by atoms with Crippen molar-refractivity contribution in [3.05, 3.63) is 59.7 Å². The van der Waals surface area contributed by atoms with Gasteiger partial charge in [-0.25, -0.2) is 8.42 Å². The second-order valence-corrected chi connectivity index (χ2v) is 12.7. The zero-order valence-electron chi connectivity index (χ0n) is 24.6. The van der Waals surface area contributed by atoms with Crippen LogP contribution in [0.15, 0.2) is 48.5 Å². The highest BCUT2D eigenvalue weighted by atomic mass is 32.2. The molecule has 0 unspecified atom stereocenters. The van der Waals surface area contributed by atoms with Crippen molar-refractivity contribution >= 4 is 27.5 Å². The lowest BCUT2D eigenvalue weighted by Crippen LogP contribution is -2.48. The summed E-state index contributed by atoms with van der Waals surface area (Å²) in [5.74, 6) is -0.379. The number of carbonyl (C=O) groups excluding carboxylic acids is 2. The summed E-state index contributed by atoms with van der Waals surface area (Å²) < 4.78 is 38.7. The summed E-state index contributed by atoms with van der Waals surface area (Å²) in [5, 5.41) is 10.1. The molecule has 0 fully saturated rings. The van der Waals surface area contributed by atoms with Crippen molar-refractivity contribution in [2.24, 2.45) is 5.92 Å². The number of aliphatic hydroxyl groups excluding tert-OH is 1. The largest absolute Gasteiger partial charge is 0.490 e. The molecule has 0 bridgehead atoms. The Balaban J connectivity index is 1.95. The lowest BCUT2D eigenvalue weighted by molar-refractivity contribution is -0.0149. The molecule has 41 heavy (non-hydrogen) atoms. The number of sulfonamides is 1. The standard InChI is InChI=1S/C30H43N3O7S/c1-21-18-33(22(2)20-34)30(36)26-17-25(31-41(5,37)38)14-15-27(26)40-23(3)11-9-10-16-39-28(21)19-32(4)29(35)24-12-7-6-8-13-24/h6-8,12-15,17,21-23,28,31,34H,9-11,16,18-20H2,1-5H3/t21-,22-,23-,28-/m0/s1. The van der Waals surface area contributed by atoms with Crippen LogP contribution >= 0.6 is 0 Å². The first-order valence-corrected chi connectivity index (χ1v) is 15.9. The normalized spacial score (nSPS) is 21.7. The number of rotatable bonds is 7. The molecule has 3 rings (SSSR count). The van der Waals surface area contributed by atoms with Gasteiger partial charge in [-0.05, 0) is 63.4 Å². The van der Waals surface area contributed by atoms with Gasteiger partial charge in [0.05, 0.1) is 36.7 Å². The van der Waals surface area contributed by atoms with E-state index in [1.807, 2.05) is 32.0 Å². The van der Waals surface area contributed by atoms with Gasteiger partial charge >= 0.3 is 0 Å². The Morgan fingerprint density at radius 2 is 1.88 bits per heavy atom. The minimum atomic E-state index is -3.57. The average molecular weight is 590 g/mol. The SMILES string of the molecule is C[C@H]1CCCCO[C@@H](CN(C)C(=O)c2ccccc2)[C@@H](C)CN([C@@H](C)CO)C(=O)c2cc(NS(C)(=O)=O)ccc2O1. The summed E-state index contributed by atoms with van der Waals surface area (Å²) in [6, 6.07) is 13.1. The fraction of sp³-hybridized carbons (Fsp3) is 0.533. The highest BCUT2D eigenvalue weighted by Gasteiger charge is 2.31. The van der Waals surface area contributed by atoms with Crippen LogP contribution in [-0.2, 0) is 14.8 Å². The first-order chi connectivity index (χ1) is 19.4. The third kappa shape index (κ3) is 9.44. The van der Waals surface area contributed by atoms with Crippen LogP contribution in [0.25, 0.3) is 0 Å². The Labute approximate surface area is 243 Å². The van der Waals surface area contributed by atoms with Crippen molar-refractivity contribution in [3.63, 3.8) is 0 Å². The monoisotopic (exact) mass is 589 g/mol. The van der Waals surface area contributed by atoms with Crippen LogP contribution in [0.1, 0.15) is 60.7 Å². The van der Waals surface area contributed by atoms with E-state index in [0.29, 0.717) is 24.5 Å². The molecule has 0 saturated carbocycles. The van der Waals surface area contributed by atoms with Crippen molar-refractivity contribution in [3.8, 4) is 5.75 Å². The van der Waals surface area contributed by atoms with Crippen LogP contribution in [-0.4, -0.2) is 93.0 Å². The van der Waals surface area contributed by atoms with E-state index >= 15 is 0 Å². The van der Waals surface area contributed by atoms with Gasteiger partial charge in [-0.3, -0.25) is 14.3 Å². The molecule has 2 aromatic rings. The third-order valence-corrected chi connectivity index (χ3v) is 7.78. The Bertz CT molecular complexity index is 1270. The van der Waals surface area contributed by atoms with Gasteiger partial charge in [0.25, 0.3) is 11.8 Å². The first-order valence-electron chi connectivity index (χ1n) is 14.0. The van der Waals surface area contributed by atoms with Crippen LogP contribution in [0.3, 0.4) is 0 Å². The quantitative estimate of drug-likeness (QED) is 0.505. The van der Waals surface area contributed by atoms with E-state index in [9.17, 15) is 23.1 Å². The van der Waals surface area contributed by atoms with Gasteiger partial charge in [0.15, 0.2) is 0 Å². The average Bonchev–Trinajstić information content (AvgIpc) is 2.93. The summed E-state index contributed by atoms with van der Waals surface area (Å²) in [7, 11) is -1.84. The molecular formula is C30H43N3O7S. The van der Waals surface area contributed by atoms with Gasteiger partial charge in [0.2, 0.25) is 10.0 Å². The number of anilines is 1. The van der Waals surface area contributed by atoms with Crippen LogP contribution in [0, 0.1) is 5.92 Å². The number of hydrogen-bond donors (Lipinski definition) is 2. The number of nitrogens with zero attached hydrogens (tertiary/aromatic N) is 2. The molecule has 0 saturated heterocycles. The number of nitrogens with one attached hydrogen (secondary N) is 1. The van der Waals surface area contributed by atoms with Gasteiger partial charge in [0, 0.05) is 43.9 Å². The molecule has 1 aliphatic rings. The summed E-state index contributed by atoms with van der Waals surface area (Å²) in [4.78, 5) is 30.3. The maximum atomic E-state index is 14.1. The maximum Gasteiger partial charge on any atom is 0.258 e. The molecular weight excluding hydrogens is 546 g/mol. The van der Waals surface area contributed by atoms with Crippen molar-refractivity contribution < 1.29 is 32.6 Å². The molecule has 0 radical (unpaired) electrons. The Morgan fingerprint density at radius 1 is 1.17 bits per heavy atom. The molecule has 2 aromatic carbocycles. The number of hydrogen-bond acceptors (Lipinski definition) is 7. The predicted molar refractivity (Wildman–Crippen MR) is 159 cm³/mol. The number of likely N-dealkylation sites (N-methyl/N-ethyl adjacent to an activating group) is 1. The molecule has 10 nitrogen and oxygen atoms in total. The molecule has 0 spiro atoms. The molecule has 226 valence electrons. The van der Waals surface area contributed by atoms with E-state index in [2.05, 4.69) is 4.72 Å². The summed E-state index contributed by atoms with van der Waals surface area (Å²) in [6.45, 7) is 6.41. The van der Waals surface area contributed by atoms with Crippen molar-refractivity contribution in [1.29, 1.82) is 0 Å². The van der Waals surface area contributed by atoms with Crippen molar-refractivity contribution in [1.82, 2.24) is 9.80 Å². The zero-order valence-corrected chi connectivity index (χ0v) is 25.4. The molecule has 1 heterocycles. The summed E-state index contributed by atoms with van der Waals surface area (Å²) in [6.07, 6.45) is 2.83. The van der Waals surface area contributed by atoms with Crippen LogP contribution in [0.2, 0.25) is 0 Å². The predicted octanol–water partition coefficient (Wildman–Crippen LogP) is 3.63. The summed E-state index contributed by atoms with van der Waals surface area (Å²) in [5.41, 5.74) is 1.02. The van der Waals surface area contributed by atoms with Gasteiger partial charge in [-0.1, -0.05) is 25.1 Å². The highest BCUT2D eigenvalue weighted by Crippen LogP contribution is 2.29. The first kappa shape index (κ1) is 32.4. The van der Waals surface area contributed by atoms with Crippen LogP contribution < -0.4 is 9.46 Å². The zero-order chi connectivity index (χ0) is 30.2. The third-order valence-electron chi connectivity index (χ3n) is 7.18. The van der Waals surface area contributed by atoms with Gasteiger partial charge in [-0.2, -0.15) is 0 Å². The smallest absolute Gasteiger partial charge is 0.258 e. The minimum Gasteiger partial charge on any atom is -0.490 e. The topological polar surface area (TPSA) is 125 Å². The second-order valence-electron chi connectivity index (χ2n) is 10.9. The molecule has 2 N–H and O–H groups in total. The van der Waals surface area contributed by atoms with E-state index in [0.717, 1.165) is 25.5 Å². The fourth-order valence-corrected chi connectivity index (χ4v) is 5.37. The van der Waals surface area contributed by atoms with E-state index in [1.54, 1.807) is 48.0 Å². The number of carbonyl (C=O) groups is 2. The highest BCUT2D eigenvalue weighted by molar-refractivity contribution is 7.92.